The fourth-order valence-electron chi connectivity index (χ4n) is 1.10. The minimum absolute atomic E-state index is 0.103. The lowest BCUT2D eigenvalue weighted by Crippen LogP contribution is -2.37. The topological polar surface area (TPSA) is 95.5 Å². The molecule has 0 atom stereocenters. The average Bonchev–Trinajstić information content (AvgIpc) is 2.35. The van der Waals surface area contributed by atoms with Crippen molar-refractivity contribution < 1.29 is 18.3 Å². The molecule has 6 nitrogen and oxygen atoms in total. The van der Waals surface area contributed by atoms with Crippen LogP contribution in [0.15, 0.2) is 35.2 Å². The lowest BCUT2D eigenvalue weighted by Gasteiger charge is -2.06. The predicted molar refractivity (Wildman–Crippen MR) is 61.7 cm³/mol. The van der Waals surface area contributed by atoms with Crippen molar-refractivity contribution in [2.45, 2.75) is 4.90 Å². The van der Waals surface area contributed by atoms with E-state index in [2.05, 4.69) is 10.0 Å². The summed E-state index contributed by atoms with van der Waals surface area (Å²) in [7, 11) is -3.65. The fraction of sp³-hybridized carbons (Fsp3) is 0.300. The van der Waals surface area contributed by atoms with Gasteiger partial charge in [0.15, 0.2) is 0 Å². The van der Waals surface area contributed by atoms with Crippen LogP contribution in [0.5, 0.6) is 0 Å². The van der Waals surface area contributed by atoms with Gasteiger partial charge >= 0.3 is 0 Å². The Hall–Kier alpha value is -1.44. The monoisotopic (exact) mass is 258 g/mol. The van der Waals surface area contributed by atoms with E-state index < -0.39 is 15.9 Å². The van der Waals surface area contributed by atoms with Crippen LogP contribution in [0.2, 0.25) is 0 Å². The molecule has 0 spiro atoms. The van der Waals surface area contributed by atoms with Crippen LogP contribution in [-0.4, -0.2) is 39.1 Å². The molecule has 0 radical (unpaired) electrons. The average molecular weight is 258 g/mol. The highest BCUT2D eigenvalue weighted by Crippen LogP contribution is 2.06. The van der Waals surface area contributed by atoms with Gasteiger partial charge < -0.3 is 10.4 Å². The number of aliphatic hydroxyl groups is 1. The van der Waals surface area contributed by atoms with Crippen LogP contribution in [0.3, 0.4) is 0 Å². The SMILES string of the molecule is O=C(CNS(=O)(=O)c1ccccc1)NCCO. The molecule has 0 unspecified atom stereocenters. The lowest BCUT2D eigenvalue weighted by molar-refractivity contribution is -0.120. The molecule has 1 rings (SSSR count). The van der Waals surface area contributed by atoms with Gasteiger partial charge in [0, 0.05) is 6.54 Å². The zero-order chi connectivity index (χ0) is 12.7. The van der Waals surface area contributed by atoms with E-state index >= 15 is 0 Å². The number of hydrogen-bond donors (Lipinski definition) is 3. The van der Waals surface area contributed by atoms with Crippen LogP contribution < -0.4 is 10.0 Å². The number of amides is 1. The number of benzene rings is 1. The minimum Gasteiger partial charge on any atom is -0.395 e. The molecule has 0 aromatic heterocycles. The van der Waals surface area contributed by atoms with Gasteiger partial charge in [0.05, 0.1) is 18.0 Å². The number of aliphatic hydroxyl groups excluding tert-OH is 1. The van der Waals surface area contributed by atoms with Crippen LogP contribution >= 0.6 is 0 Å². The van der Waals surface area contributed by atoms with E-state index in [9.17, 15) is 13.2 Å². The zero-order valence-electron chi connectivity index (χ0n) is 9.09. The van der Waals surface area contributed by atoms with Gasteiger partial charge in [0.2, 0.25) is 15.9 Å². The Bertz CT molecular complexity index is 458. The van der Waals surface area contributed by atoms with Gasteiger partial charge in [0.1, 0.15) is 0 Å². The number of sulfonamides is 1. The predicted octanol–water partition coefficient (Wildman–Crippen LogP) is -0.927. The quantitative estimate of drug-likeness (QED) is 0.614. The smallest absolute Gasteiger partial charge is 0.241 e. The molecule has 0 aliphatic rings. The maximum Gasteiger partial charge on any atom is 0.241 e. The van der Waals surface area contributed by atoms with Crippen molar-refractivity contribution in [3.05, 3.63) is 30.3 Å². The first-order chi connectivity index (χ1) is 8.06. The third kappa shape index (κ3) is 4.51. The third-order valence-electron chi connectivity index (χ3n) is 1.91. The second kappa shape index (κ2) is 6.33. The van der Waals surface area contributed by atoms with Gasteiger partial charge in [-0.15, -0.1) is 0 Å². The van der Waals surface area contributed by atoms with E-state index in [1.807, 2.05) is 0 Å². The van der Waals surface area contributed by atoms with E-state index in [4.69, 9.17) is 5.11 Å². The Labute approximate surface area is 99.7 Å². The van der Waals surface area contributed by atoms with E-state index in [-0.39, 0.29) is 24.6 Å². The molecule has 0 aliphatic heterocycles. The van der Waals surface area contributed by atoms with Crippen molar-refractivity contribution in [2.24, 2.45) is 0 Å². The van der Waals surface area contributed by atoms with Crippen molar-refractivity contribution in [1.82, 2.24) is 10.0 Å². The van der Waals surface area contributed by atoms with E-state index in [0.29, 0.717) is 0 Å². The molecule has 3 N–H and O–H groups in total. The molecule has 0 heterocycles. The Morgan fingerprint density at radius 2 is 1.88 bits per heavy atom. The molecule has 1 aromatic carbocycles. The Morgan fingerprint density at radius 3 is 2.47 bits per heavy atom. The summed E-state index contributed by atoms with van der Waals surface area (Å²) >= 11 is 0. The largest absolute Gasteiger partial charge is 0.395 e. The maximum atomic E-state index is 11.7. The number of rotatable bonds is 6. The van der Waals surface area contributed by atoms with Crippen molar-refractivity contribution >= 4 is 15.9 Å². The number of nitrogens with one attached hydrogen (secondary N) is 2. The molecule has 94 valence electrons. The first-order valence-electron chi connectivity index (χ1n) is 4.98. The molecule has 0 bridgehead atoms. The highest BCUT2D eigenvalue weighted by molar-refractivity contribution is 7.89. The highest BCUT2D eigenvalue weighted by atomic mass is 32.2. The van der Waals surface area contributed by atoms with E-state index in [1.165, 1.54) is 12.1 Å². The second-order valence-electron chi connectivity index (χ2n) is 3.21. The van der Waals surface area contributed by atoms with Gasteiger partial charge in [-0.3, -0.25) is 4.79 Å². The highest BCUT2D eigenvalue weighted by Gasteiger charge is 2.14. The first kappa shape index (κ1) is 13.6. The Morgan fingerprint density at radius 1 is 1.24 bits per heavy atom. The number of hydrogen-bond acceptors (Lipinski definition) is 4. The summed E-state index contributed by atoms with van der Waals surface area (Å²) in [5.74, 6) is -0.487. The Kier molecular flexibility index (Phi) is 5.08. The minimum atomic E-state index is -3.65. The molecule has 1 amide bonds. The van der Waals surface area contributed by atoms with Gasteiger partial charge in [-0.1, -0.05) is 18.2 Å². The molecule has 1 aromatic rings. The molecule has 0 aliphatic carbocycles. The van der Waals surface area contributed by atoms with Crippen molar-refractivity contribution in [3.8, 4) is 0 Å². The zero-order valence-corrected chi connectivity index (χ0v) is 9.90. The second-order valence-corrected chi connectivity index (χ2v) is 4.98. The molecule has 7 heteroatoms. The Balaban J connectivity index is 2.54. The molecular weight excluding hydrogens is 244 g/mol. The summed E-state index contributed by atoms with van der Waals surface area (Å²) < 4.78 is 25.5. The fourth-order valence-corrected chi connectivity index (χ4v) is 2.10. The van der Waals surface area contributed by atoms with Gasteiger partial charge in [-0.25, -0.2) is 13.1 Å². The molecule has 0 fully saturated rings. The first-order valence-corrected chi connectivity index (χ1v) is 6.47. The van der Waals surface area contributed by atoms with E-state index in [1.54, 1.807) is 18.2 Å². The van der Waals surface area contributed by atoms with Gasteiger partial charge in [-0.05, 0) is 12.1 Å². The standard InChI is InChI=1S/C10H14N2O4S/c13-7-6-11-10(14)8-12-17(15,16)9-4-2-1-3-5-9/h1-5,12-13H,6-8H2,(H,11,14). The van der Waals surface area contributed by atoms with Crippen LogP contribution in [0.25, 0.3) is 0 Å². The van der Waals surface area contributed by atoms with E-state index in [0.717, 1.165) is 0 Å². The summed E-state index contributed by atoms with van der Waals surface area (Å²) in [6, 6.07) is 7.77. The van der Waals surface area contributed by atoms with Crippen molar-refractivity contribution in [1.29, 1.82) is 0 Å². The van der Waals surface area contributed by atoms with Gasteiger partial charge in [0.25, 0.3) is 0 Å². The summed E-state index contributed by atoms with van der Waals surface area (Å²) in [4.78, 5) is 11.2. The summed E-state index contributed by atoms with van der Waals surface area (Å²) in [6.45, 7) is -0.430. The van der Waals surface area contributed by atoms with Crippen LogP contribution in [0.1, 0.15) is 0 Å². The number of carbonyl (C=O) groups is 1. The summed E-state index contributed by atoms with van der Waals surface area (Å²) in [5, 5.41) is 10.8. The molecular formula is C10H14N2O4S. The third-order valence-corrected chi connectivity index (χ3v) is 3.33. The van der Waals surface area contributed by atoms with Crippen molar-refractivity contribution in [2.75, 3.05) is 19.7 Å². The van der Waals surface area contributed by atoms with Crippen molar-refractivity contribution in [3.63, 3.8) is 0 Å². The molecule has 0 saturated heterocycles. The molecule has 0 saturated carbocycles. The molecule has 17 heavy (non-hydrogen) atoms. The van der Waals surface area contributed by atoms with Crippen LogP contribution in [0, 0.1) is 0 Å². The lowest BCUT2D eigenvalue weighted by atomic mass is 10.4. The maximum absolute atomic E-state index is 11.7. The number of carbonyl (C=O) groups excluding carboxylic acids is 1. The van der Waals surface area contributed by atoms with Crippen LogP contribution in [-0.2, 0) is 14.8 Å². The van der Waals surface area contributed by atoms with Gasteiger partial charge in [-0.2, -0.15) is 0 Å². The van der Waals surface area contributed by atoms with Crippen LogP contribution in [0.4, 0.5) is 0 Å². The summed E-state index contributed by atoms with van der Waals surface area (Å²) in [5.41, 5.74) is 0. The summed E-state index contributed by atoms with van der Waals surface area (Å²) in [6.07, 6.45) is 0. The normalized spacial score (nSPS) is 11.1.